The lowest BCUT2D eigenvalue weighted by Crippen LogP contribution is -2.21. The molecule has 2 rings (SSSR count). The molecule has 1 aliphatic heterocycles. The van der Waals surface area contributed by atoms with Crippen molar-refractivity contribution in [3.8, 4) is 5.75 Å². The fourth-order valence-corrected chi connectivity index (χ4v) is 1.86. The van der Waals surface area contributed by atoms with E-state index in [4.69, 9.17) is 14.6 Å². The molecule has 1 heterocycles. The highest BCUT2D eigenvalue weighted by molar-refractivity contribution is 5.27. The summed E-state index contributed by atoms with van der Waals surface area (Å²) in [4.78, 5) is 0. The molecule has 3 heteroatoms. The van der Waals surface area contributed by atoms with Crippen molar-refractivity contribution in [3.05, 3.63) is 29.8 Å². The van der Waals surface area contributed by atoms with E-state index in [1.807, 2.05) is 24.3 Å². The van der Waals surface area contributed by atoms with Gasteiger partial charge >= 0.3 is 0 Å². The Labute approximate surface area is 96.0 Å². The Morgan fingerprint density at radius 1 is 1.31 bits per heavy atom. The third kappa shape index (κ3) is 3.22. The van der Waals surface area contributed by atoms with Crippen LogP contribution in [0.2, 0.25) is 0 Å². The van der Waals surface area contributed by atoms with Crippen LogP contribution in [0.15, 0.2) is 24.3 Å². The van der Waals surface area contributed by atoms with Crippen molar-refractivity contribution < 1.29 is 14.6 Å². The third-order valence-electron chi connectivity index (χ3n) is 2.91. The Morgan fingerprint density at radius 2 is 2.12 bits per heavy atom. The van der Waals surface area contributed by atoms with Gasteiger partial charge in [-0.1, -0.05) is 12.1 Å². The average molecular weight is 222 g/mol. The predicted octanol–water partition coefficient (Wildman–Crippen LogP) is 1.98. The summed E-state index contributed by atoms with van der Waals surface area (Å²) >= 11 is 0. The molecule has 1 aromatic carbocycles. The number of rotatable bonds is 4. The number of hydrogen-bond donors (Lipinski definition) is 1. The molecule has 0 bridgehead atoms. The minimum atomic E-state index is 0.0640. The molecule has 0 amide bonds. The van der Waals surface area contributed by atoms with Crippen LogP contribution in [0.5, 0.6) is 5.75 Å². The van der Waals surface area contributed by atoms with E-state index in [9.17, 15) is 0 Å². The van der Waals surface area contributed by atoms with Gasteiger partial charge in [0.15, 0.2) is 0 Å². The average Bonchev–Trinajstić information content (AvgIpc) is 2.38. The summed E-state index contributed by atoms with van der Waals surface area (Å²) in [6.45, 7) is 2.52. The van der Waals surface area contributed by atoms with Gasteiger partial charge in [0.05, 0.1) is 13.2 Å². The summed E-state index contributed by atoms with van der Waals surface area (Å²) in [7, 11) is 0. The predicted molar refractivity (Wildman–Crippen MR) is 61.4 cm³/mol. The fraction of sp³-hybridized carbons (Fsp3) is 0.538. The first-order valence-corrected chi connectivity index (χ1v) is 5.79. The Balaban J connectivity index is 1.83. The maximum Gasteiger partial charge on any atom is 0.119 e. The highest BCUT2D eigenvalue weighted by Gasteiger charge is 2.14. The van der Waals surface area contributed by atoms with Gasteiger partial charge < -0.3 is 14.6 Å². The Morgan fingerprint density at radius 3 is 2.88 bits per heavy atom. The first kappa shape index (κ1) is 11.4. The van der Waals surface area contributed by atoms with Crippen molar-refractivity contribution in [1.29, 1.82) is 0 Å². The SMILES string of the molecule is OCc1cccc(OCC2CCOCC2)c1. The van der Waals surface area contributed by atoms with Gasteiger partial charge in [-0.15, -0.1) is 0 Å². The van der Waals surface area contributed by atoms with Crippen LogP contribution in [0.3, 0.4) is 0 Å². The first-order valence-electron chi connectivity index (χ1n) is 5.79. The Kier molecular flexibility index (Phi) is 4.19. The van der Waals surface area contributed by atoms with Gasteiger partial charge in [0.2, 0.25) is 0 Å². The van der Waals surface area contributed by atoms with Crippen molar-refractivity contribution in [2.75, 3.05) is 19.8 Å². The van der Waals surface area contributed by atoms with Gasteiger partial charge in [-0.25, -0.2) is 0 Å². The van der Waals surface area contributed by atoms with Gasteiger partial charge in [0.1, 0.15) is 5.75 Å². The second kappa shape index (κ2) is 5.87. The van der Waals surface area contributed by atoms with Gasteiger partial charge in [-0.05, 0) is 36.5 Å². The topological polar surface area (TPSA) is 38.7 Å². The lowest BCUT2D eigenvalue weighted by molar-refractivity contribution is 0.0497. The quantitative estimate of drug-likeness (QED) is 0.846. The summed E-state index contributed by atoms with van der Waals surface area (Å²) in [6, 6.07) is 7.62. The van der Waals surface area contributed by atoms with E-state index in [-0.39, 0.29) is 6.61 Å². The molecule has 16 heavy (non-hydrogen) atoms. The number of aliphatic hydroxyl groups excluding tert-OH is 1. The number of hydrogen-bond acceptors (Lipinski definition) is 3. The zero-order valence-electron chi connectivity index (χ0n) is 9.39. The molecule has 1 saturated heterocycles. The second-order valence-corrected chi connectivity index (χ2v) is 4.17. The molecule has 0 radical (unpaired) electrons. The highest BCUT2D eigenvalue weighted by Crippen LogP contribution is 2.18. The molecule has 1 aliphatic rings. The molecule has 1 N–H and O–H groups in total. The van der Waals surface area contributed by atoms with E-state index < -0.39 is 0 Å². The van der Waals surface area contributed by atoms with Gasteiger partial charge in [-0.3, -0.25) is 0 Å². The monoisotopic (exact) mass is 222 g/mol. The molecule has 1 fully saturated rings. The normalized spacial score (nSPS) is 17.3. The third-order valence-corrected chi connectivity index (χ3v) is 2.91. The fourth-order valence-electron chi connectivity index (χ4n) is 1.86. The van der Waals surface area contributed by atoms with E-state index in [2.05, 4.69) is 0 Å². The minimum absolute atomic E-state index is 0.0640. The molecular weight excluding hydrogens is 204 g/mol. The van der Waals surface area contributed by atoms with Gasteiger partial charge in [-0.2, -0.15) is 0 Å². The van der Waals surface area contributed by atoms with Crippen LogP contribution in [-0.2, 0) is 11.3 Å². The molecule has 88 valence electrons. The zero-order valence-corrected chi connectivity index (χ0v) is 9.39. The van der Waals surface area contributed by atoms with Crippen LogP contribution in [0.1, 0.15) is 18.4 Å². The van der Waals surface area contributed by atoms with Crippen LogP contribution in [0.4, 0.5) is 0 Å². The largest absolute Gasteiger partial charge is 0.493 e. The van der Waals surface area contributed by atoms with E-state index in [1.165, 1.54) is 0 Å². The summed E-state index contributed by atoms with van der Waals surface area (Å²) in [6.07, 6.45) is 2.17. The molecule has 0 atom stereocenters. The molecule has 0 saturated carbocycles. The zero-order chi connectivity index (χ0) is 11.2. The van der Waals surface area contributed by atoms with Gasteiger partial charge in [0, 0.05) is 13.2 Å². The van der Waals surface area contributed by atoms with Crippen molar-refractivity contribution in [2.45, 2.75) is 19.4 Å². The van der Waals surface area contributed by atoms with Crippen LogP contribution >= 0.6 is 0 Å². The van der Waals surface area contributed by atoms with Crippen LogP contribution in [0.25, 0.3) is 0 Å². The summed E-state index contributed by atoms with van der Waals surface area (Å²) in [5.41, 5.74) is 0.893. The van der Waals surface area contributed by atoms with E-state index in [1.54, 1.807) is 0 Å². The lowest BCUT2D eigenvalue weighted by Gasteiger charge is -2.22. The smallest absolute Gasteiger partial charge is 0.119 e. The summed E-state index contributed by atoms with van der Waals surface area (Å²) < 4.78 is 11.0. The molecule has 0 aliphatic carbocycles. The van der Waals surface area contributed by atoms with Crippen LogP contribution in [0, 0.1) is 5.92 Å². The maximum atomic E-state index is 9.01. The number of ether oxygens (including phenoxy) is 2. The second-order valence-electron chi connectivity index (χ2n) is 4.17. The van der Waals surface area contributed by atoms with E-state index >= 15 is 0 Å². The first-order chi connectivity index (χ1) is 7.88. The summed E-state index contributed by atoms with van der Waals surface area (Å²) in [5.74, 6) is 1.45. The van der Waals surface area contributed by atoms with Crippen molar-refractivity contribution in [2.24, 2.45) is 5.92 Å². The number of benzene rings is 1. The molecule has 0 aromatic heterocycles. The minimum Gasteiger partial charge on any atom is -0.493 e. The van der Waals surface area contributed by atoms with E-state index in [0.717, 1.165) is 44.0 Å². The Hall–Kier alpha value is -1.06. The van der Waals surface area contributed by atoms with Gasteiger partial charge in [0.25, 0.3) is 0 Å². The molecular formula is C13H18O3. The Bertz CT molecular complexity index is 319. The lowest BCUT2D eigenvalue weighted by atomic mass is 10.0. The van der Waals surface area contributed by atoms with Crippen molar-refractivity contribution in [3.63, 3.8) is 0 Å². The summed E-state index contributed by atoms with van der Waals surface area (Å²) in [5, 5.41) is 9.01. The van der Waals surface area contributed by atoms with Crippen LogP contribution < -0.4 is 4.74 Å². The molecule has 0 unspecified atom stereocenters. The maximum absolute atomic E-state index is 9.01. The van der Waals surface area contributed by atoms with Crippen molar-refractivity contribution in [1.82, 2.24) is 0 Å². The number of aliphatic hydroxyl groups is 1. The molecule has 0 spiro atoms. The molecule has 3 nitrogen and oxygen atoms in total. The molecule has 1 aromatic rings. The van der Waals surface area contributed by atoms with Crippen LogP contribution in [-0.4, -0.2) is 24.9 Å². The van der Waals surface area contributed by atoms with Crippen molar-refractivity contribution >= 4 is 0 Å². The standard InChI is InChI=1S/C13H18O3/c14-9-12-2-1-3-13(8-12)16-10-11-4-6-15-7-5-11/h1-3,8,11,14H,4-7,9-10H2. The van der Waals surface area contributed by atoms with E-state index in [0.29, 0.717) is 5.92 Å². The highest BCUT2D eigenvalue weighted by atomic mass is 16.5.